The highest BCUT2D eigenvalue weighted by atomic mass is 16.5. The lowest BCUT2D eigenvalue weighted by Gasteiger charge is -2.26. The number of nitrogens with zero attached hydrogens (tertiary/aromatic N) is 2. The molecule has 0 saturated carbocycles. The second-order valence-corrected chi connectivity index (χ2v) is 10.2. The van der Waals surface area contributed by atoms with Crippen LogP contribution in [-0.2, 0) is 16.1 Å². The van der Waals surface area contributed by atoms with Crippen molar-refractivity contribution in [1.29, 1.82) is 0 Å². The predicted octanol–water partition coefficient (Wildman–Crippen LogP) is 6.93. The Labute approximate surface area is 236 Å². The van der Waals surface area contributed by atoms with E-state index in [0.717, 1.165) is 29.8 Å². The number of aryl methyl sites for hydroxylation is 2. The molecule has 1 aliphatic heterocycles. The fourth-order valence-corrected chi connectivity index (χ4v) is 4.42. The first-order valence-electron chi connectivity index (χ1n) is 13.5. The van der Waals surface area contributed by atoms with Crippen LogP contribution in [0.1, 0.15) is 35.1 Å². The number of carbonyl (C=O) groups is 2. The van der Waals surface area contributed by atoms with Crippen molar-refractivity contribution in [3.8, 4) is 11.5 Å². The normalized spacial score (nSPS) is 13.2. The number of anilines is 1. The molecule has 2 amide bonds. The van der Waals surface area contributed by atoms with Gasteiger partial charge in [0.05, 0.1) is 18.8 Å². The van der Waals surface area contributed by atoms with Gasteiger partial charge in [0.1, 0.15) is 11.5 Å². The van der Waals surface area contributed by atoms with Gasteiger partial charge in [0.25, 0.3) is 0 Å². The minimum Gasteiger partial charge on any atom is -0.457 e. The average Bonchev–Trinajstić information content (AvgIpc) is 3.11. The van der Waals surface area contributed by atoms with Gasteiger partial charge < -0.3 is 19.3 Å². The molecule has 0 fully saturated rings. The zero-order chi connectivity index (χ0) is 28.5. The highest BCUT2D eigenvalue weighted by Gasteiger charge is 2.21. The molecular formula is C33H37N3O4. The first-order chi connectivity index (χ1) is 19.3. The van der Waals surface area contributed by atoms with Crippen LogP contribution in [0.5, 0.6) is 11.5 Å². The topological polar surface area (TPSA) is 71.1 Å². The van der Waals surface area contributed by atoms with Gasteiger partial charge in [0.2, 0.25) is 5.91 Å². The van der Waals surface area contributed by atoms with Gasteiger partial charge in [-0.05, 0) is 106 Å². The second-order valence-electron chi connectivity index (χ2n) is 10.2. The third-order valence-electron chi connectivity index (χ3n) is 6.57. The minimum atomic E-state index is -0.476. The molecule has 7 heteroatoms. The lowest BCUT2D eigenvalue weighted by molar-refractivity contribution is -0.127. The molecule has 0 bridgehead atoms. The van der Waals surface area contributed by atoms with Crippen molar-refractivity contribution < 1.29 is 19.1 Å². The van der Waals surface area contributed by atoms with Gasteiger partial charge in [-0.1, -0.05) is 35.9 Å². The number of hydrogen-bond acceptors (Lipinski definition) is 5. The van der Waals surface area contributed by atoms with E-state index in [9.17, 15) is 9.59 Å². The largest absolute Gasteiger partial charge is 0.457 e. The maximum absolute atomic E-state index is 13.0. The average molecular weight is 540 g/mol. The van der Waals surface area contributed by atoms with E-state index in [1.165, 1.54) is 11.1 Å². The van der Waals surface area contributed by atoms with Crippen LogP contribution in [0.25, 0.3) is 5.70 Å². The molecule has 1 heterocycles. The van der Waals surface area contributed by atoms with E-state index in [1.807, 2.05) is 66.4 Å². The van der Waals surface area contributed by atoms with Crippen LogP contribution in [0.15, 0.2) is 85.0 Å². The number of allylic oxidation sites excluding steroid dienone is 2. The summed E-state index contributed by atoms with van der Waals surface area (Å²) in [4.78, 5) is 28.9. The highest BCUT2D eigenvalue weighted by Crippen LogP contribution is 2.29. The van der Waals surface area contributed by atoms with Crippen molar-refractivity contribution >= 4 is 23.4 Å². The molecule has 0 saturated heterocycles. The van der Waals surface area contributed by atoms with Gasteiger partial charge in [-0.15, -0.1) is 0 Å². The lowest BCUT2D eigenvalue weighted by atomic mass is 10.0. The molecule has 3 aromatic rings. The molecule has 0 radical (unpaired) electrons. The van der Waals surface area contributed by atoms with Gasteiger partial charge in [0.15, 0.2) is 0 Å². The maximum Gasteiger partial charge on any atom is 0.411 e. The summed E-state index contributed by atoms with van der Waals surface area (Å²) in [5.41, 5.74) is 5.92. The van der Waals surface area contributed by atoms with Crippen LogP contribution < -0.4 is 10.1 Å². The Bertz CT molecular complexity index is 1380. The molecule has 1 aliphatic rings. The van der Waals surface area contributed by atoms with Crippen molar-refractivity contribution in [3.05, 3.63) is 107 Å². The number of benzene rings is 3. The van der Waals surface area contributed by atoms with E-state index in [2.05, 4.69) is 37.4 Å². The lowest BCUT2D eigenvalue weighted by Crippen LogP contribution is -2.28. The zero-order valence-electron chi connectivity index (χ0n) is 23.6. The zero-order valence-corrected chi connectivity index (χ0v) is 23.6. The van der Waals surface area contributed by atoms with Crippen LogP contribution >= 0.6 is 0 Å². The number of hydrogen-bond donors (Lipinski definition) is 1. The van der Waals surface area contributed by atoms with E-state index in [4.69, 9.17) is 9.47 Å². The standard InChI is InChI=1S/C33H37N3O4/c1-24-10-11-27(25(2)22-24)23-36-31(8-5-6-9-32(36)37)26-12-16-29(17-13-26)40-30-18-14-28(15-19-30)34-33(38)39-21-7-20-35(3)4/h5-6,8,10-19,22H,7,9,20-21,23H2,1-4H3,(H,34,38). The summed E-state index contributed by atoms with van der Waals surface area (Å²) >= 11 is 0. The second kappa shape index (κ2) is 13.6. The van der Waals surface area contributed by atoms with Crippen molar-refractivity contribution in [1.82, 2.24) is 9.80 Å². The molecule has 0 unspecified atom stereocenters. The van der Waals surface area contributed by atoms with Gasteiger partial charge in [0, 0.05) is 18.7 Å². The Kier molecular flexibility index (Phi) is 9.76. The summed E-state index contributed by atoms with van der Waals surface area (Å²) < 4.78 is 11.2. The Morgan fingerprint density at radius 1 is 0.975 bits per heavy atom. The van der Waals surface area contributed by atoms with Gasteiger partial charge in [-0.2, -0.15) is 0 Å². The molecule has 1 N–H and O–H groups in total. The molecule has 7 nitrogen and oxygen atoms in total. The summed E-state index contributed by atoms with van der Waals surface area (Å²) in [5, 5.41) is 2.73. The van der Waals surface area contributed by atoms with E-state index >= 15 is 0 Å². The van der Waals surface area contributed by atoms with Crippen LogP contribution in [0.3, 0.4) is 0 Å². The number of ether oxygens (including phenoxy) is 2. The van der Waals surface area contributed by atoms with E-state index in [0.29, 0.717) is 36.8 Å². The van der Waals surface area contributed by atoms with Crippen LogP contribution in [0.2, 0.25) is 0 Å². The number of amides is 2. The first kappa shape index (κ1) is 28.6. The fraction of sp³-hybridized carbons (Fsp3) is 0.273. The number of rotatable bonds is 10. The van der Waals surface area contributed by atoms with E-state index in [-0.39, 0.29) is 5.91 Å². The molecular weight excluding hydrogens is 502 g/mol. The Morgan fingerprint density at radius 2 is 1.68 bits per heavy atom. The predicted molar refractivity (Wildman–Crippen MR) is 159 cm³/mol. The van der Waals surface area contributed by atoms with Crippen LogP contribution in [-0.4, -0.2) is 49.0 Å². The fourth-order valence-electron chi connectivity index (χ4n) is 4.42. The van der Waals surface area contributed by atoms with Crippen molar-refractivity contribution in [2.24, 2.45) is 0 Å². The molecule has 0 aliphatic carbocycles. The smallest absolute Gasteiger partial charge is 0.411 e. The third kappa shape index (κ3) is 8.07. The van der Waals surface area contributed by atoms with Gasteiger partial charge in [-0.25, -0.2) is 4.79 Å². The first-order valence-corrected chi connectivity index (χ1v) is 13.5. The minimum absolute atomic E-state index is 0.0615. The molecule has 0 atom stereocenters. The molecule has 0 aromatic heterocycles. The Balaban J connectivity index is 1.38. The van der Waals surface area contributed by atoms with Gasteiger partial charge >= 0.3 is 6.09 Å². The number of carbonyl (C=O) groups excluding carboxylic acids is 2. The monoisotopic (exact) mass is 539 g/mol. The SMILES string of the molecule is Cc1ccc(CN2C(=O)CC=CC=C2c2ccc(Oc3ccc(NC(=O)OCCCN(C)C)cc3)cc2)c(C)c1. The van der Waals surface area contributed by atoms with Crippen LogP contribution in [0, 0.1) is 13.8 Å². The Morgan fingerprint density at radius 3 is 2.35 bits per heavy atom. The Hall–Kier alpha value is -4.36. The summed E-state index contributed by atoms with van der Waals surface area (Å²) in [6.07, 6.45) is 6.49. The quantitative estimate of drug-likeness (QED) is 0.283. The summed E-state index contributed by atoms with van der Waals surface area (Å²) in [5.74, 6) is 1.37. The molecule has 3 aromatic carbocycles. The van der Waals surface area contributed by atoms with Crippen molar-refractivity contribution in [2.75, 3.05) is 32.6 Å². The molecule has 4 rings (SSSR count). The summed E-state index contributed by atoms with van der Waals surface area (Å²) in [6.45, 7) is 5.90. The summed E-state index contributed by atoms with van der Waals surface area (Å²) in [7, 11) is 3.96. The van der Waals surface area contributed by atoms with Crippen molar-refractivity contribution in [3.63, 3.8) is 0 Å². The van der Waals surface area contributed by atoms with Crippen molar-refractivity contribution in [2.45, 2.75) is 33.2 Å². The highest BCUT2D eigenvalue weighted by molar-refractivity contribution is 5.89. The molecule has 0 spiro atoms. The van der Waals surface area contributed by atoms with Gasteiger partial charge in [-0.3, -0.25) is 10.1 Å². The molecule has 208 valence electrons. The number of nitrogens with one attached hydrogen (secondary N) is 1. The van der Waals surface area contributed by atoms with E-state index < -0.39 is 6.09 Å². The molecule has 40 heavy (non-hydrogen) atoms. The van der Waals surface area contributed by atoms with E-state index in [1.54, 1.807) is 24.3 Å². The maximum atomic E-state index is 13.0. The summed E-state index contributed by atoms with van der Waals surface area (Å²) in [6, 6.07) is 21.2. The third-order valence-corrected chi connectivity index (χ3v) is 6.57. The van der Waals surface area contributed by atoms with Crippen LogP contribution in [0.4, 0.5) is 10.5 Å².